The summed E-state index contributed by atoms with van der Waals surface area (Å²) >= 11 is 0. The maximum absolute atomic E-state index is 4.93. The van der Waals surface area contributed by atoms with Crippen LogP contribution in [0.1, 0.15) is 34.2 Å². The number of dihydropyridines is 1. The van der Waals surface area contributed by atoms with Gasteiger partial charge in [0.2, 0.25) is 0 Å². The number of pyridine rings is 2. The molecule has 0 atom stereocenters. The van der Waals surface area contributed by atoms with Crippen LogP contribution in [0.4, 0.5) is 0 Å². The molecule has 0 saturated heterocycles. The molecule has 36 heavy (non-hydrogen) atoms. The SMILES string of the molecule is c1ccc2c(c1)CC1=C(c3ccc4c(c3)-c3nccc(-c5cncc6ccccc56)c3C4)CCN=C12. The van der Waals surface area contributed by atoms with Crippen LogP contribution in [-0.4, -0.2) is 22.2 Å². The second kappa shape index (κ2) is 7.56. The van der Waals surface area contributed by atoms with Crippen molar-refractivity contribution in [3.8, 4) is 22.4 Å². The van der Waals surface area contributed by atoms with Crippen LogP contribution < -0.4 is 0 Å². The third-order valence-corrected chi connectivity index (χ3v) is 8.02. The highest BCUT2D eigenvalue weighted by atomic mass is 14.8. The fourth-order valence-corrected chi connectivity index (χ4v) is 6.34. The van der Waals surface area contributed by atoms with E-state index in [1.165, 1.54) is 72.1 Å². The van der Waals surface area contributed by atoms with Crippen molar-refractivity contribution in [2.24, 2.45) is 4.99 Å². The van der Waals surface area contributed by atoms with E-state index in [1.807, 2.05) is 18.6 Å². The molecule has 3 heteroatoms. The first-order valence-corrected chi connectivity index (χ1v) is 12.6. The first kappa shape index (κ1) is 19.9. The number of hydrogen-bond acceptors (Lipinski definition) is 3. The first-order chi connectivity index (χ1) is 17.8. The molecule has 0 unspecified atom stereocenters. The number of rotatable bonds is 2. The van der Waals surface area contributed by atoms with Crippen LogP contribution in [0.5, 0.6) is 0 Å². The maximum Gasteiger partial charge on any atom is 0.0746 e. The molecule has 1 aliphatic heterocycles. The molecule has 0 saturated carbocycles. The monoisotopic (exact) mass is 461 g/mol. The Kier molecular flexibility index (Phi) is 4.18. The molecule has 0 amide bonds. The molecule has 0 N–H and O–H groups in total. The van der Waals surface area contributed by atoms with Gasteiger partial charge in [0.1, 0.15) is 0 Å². The van der Waals surface area contributed by atoms with Crippen molar-refractivity contribution >= 4 is 22.1 Å². The van der Waals surface area contributed by atoms with Gasteiger partial charge in [-0.2, -0.15) is 0 Å². The van der Waals surface area contributed by atoms with Gasteiger partial charge in [0.25, 0.3) is 0 Å². The highest BCUT2D eigenvalue weighted by molar-refractivity contribution is 6.21. The van der Waals surface area contributed by atoms with Crippen LogP contribution in [0.2, 0.25) is 0 Å². The summed E-state index contributed by atoms with van der Waals surface area (Å²) in [4.78, 5) is 14.4. The van der Waals surface area contributed by atoms with E-state index in [1.54, 1.807) is 0 Å². The van der Waals surface area contributed by atoms with E-state index in [-0.39, 0.29) is 0 Å². The Hall–Kier alpha value is -4.37. The minimum absolute atomic E-state index is 0.854. The maximum atomic E-state index is 4.93. The van der Waals surface area contributed by atoms with E-state index in [0.717, 1.165) is 31.5 Å². The average molecular weight is 462 g/mol. The van der Waals surface area contributed by atoms with Crippen molar-refractivity contribution in [1.29, 1.82) is 0 Å². The lowest BCUT2D eigenvalue weighted by Crippen LogP contribution is -2.09. The highest BCUT2D eigenvalue weighted by Gasteiger charge is 2.29. The standard InChI is InChI=1S/C33H23N3/c1-4-8-26-20(5-1)16-29-25(11-13-35-32(26)29)21-9-10-22-17-30-27(12-14-36-33(30)28(22)15-21)31-19-34-18-23-6-2-3-7-24(23)31/h1-10,12,14-15,18-19H,11,13,16-17H2. The average Bonchev–Trinajstić information content (AvgIpc) is 3.51. The molecular formula is C33H23N3. The molecule has 3 nitrogen and oxygen atoms in total. The summed E-state index contributed by atoms with van der Waals surface area (Å²) in [5.41, 5.74) is 15.5. The minimum atomic E-state index is 0.854. The molecule has 0 radical (unpaired) electrons. The Morgan fingerprint density at radius 3 is 2.56 bits per heavy atom. The lowest BCUT2D eigenvalue weighted by atomic mass is 9.90. The zero-order chi connectivity index (χ0) is 23.6. The summed E-state index contributed by atoms with van der Waals surface area (Å²) < 4.78 is 0. The van der Waals surface area contributed by atoms with Gasteiger partial charge in [-0.15, -0.1) is 0 Å². The Balaban J connectivity index is 1.26. The van der Waals surface area contributed by atoms with Crippen molar-refractivity contribution in [3.63, 3.8) is 0 Å². The number of aromatic nitrogens is 2. The molecule has 3 aliphatic rings. The molecule has 0 fully saturated rings. The second-order valence-corrected chi connectivity index (χ2v) is 9.91. The number of hydrogen-bond donors (Lipinski definition) is 0. The molecule has 3 aromatic carbocycles. The van der Waals surface area contributed by atoms with Gasteiger partial charge in [-0.1, -0.05) is 60.7 Å². The zero-order valence-electron chi connectivity index (χ0n) is 19.8. The van der Waals surface area contributed by atoms with E-state index >= 15 is 0 Å². The summed E-state index contributed by atoms with van der Waals surface area (Å²) in [7, 11) is 0. The lowest BCUT2D eigenvalue weighted by Gasteiger charge is -2.18. The van der Waals surface area contributed by atoms with Gasteiger partial charge in [-0.3, -0.25) is 15.0 Å². The predicted molar refractivity (Wildman–Crippen MR) is 146 cm³/mol. The summed E-state index contributed by atoms with van der Waals surface area (Å²) in [5, 5.41) is 2.40. The zero-order valence-corrected chi connectivity index (χ0v) is 19.8. The van der Waals surface area contributed by atoms with Crippen LogP contribution in [0.25, 0.3) is 38.7 Å². The molecular weight excluding hydrogens is 438 g/mol. The van der Waals surface area contributed by atoms with Crippen molar-refractivity contribution in [1.82, 2.24) is 9.97 Å². The van der Waals surface area contributed by atoms with Crippen molar-refractivity contribution < 1.29 is 0 Å². The number of aliphatic imine (C=N–C) groups is 1. The molecule has 0 bridgehead atoms. The molecule has 5 aromatic rings. The largest absolute Gasteiger partial charge is 0.284 e. The Morgan fingerprint density at radius 1 is 0.667 bits per heavy atom. The topological polar surface area (TPSA) is 38.1 Å². The molecule has 170 valence electrons. The highest BCUT2D eigenvalue weighted by Crippen LogP contribution is 2.44. The summed E-state index contributed by atoms with van der Waals surface area (Å²) in [6.45, 7) is 0.854. The van der Waals surface area contributed by atoms with Crippen molar-refractivity contribution in [2.45, 2.75) is 19.3 Å². The lowest BCUT2D eigenvalue weighted by molar-refractivity contribution is 0.993. The summed E-state index contributed by atoms with van der Waals surface area (Å²) in [5.74, 6) is 0. The molecule has 2 aromatic heterocycles. The van der Waals surface area contributed by atoms with Gasteiger partial charge in [0.05, 0.1) is 11.4 Å². The normalized spacial score (nSPS) is 15.4. The third kappa shape index (κ3) is 2.83. The first-order valence-electron chi connectivity index (χ1n) is 12.6. The van der Waals surface area contributed by atoms with E-state index in [4.69, 9.17) is 9.98 Å². The second-order valence-electron chi connectivity index (χ2n) is 9.91. The molecule has 8 rings (SSSR count). The minimum Gasteiger partial charge on any atom is -0.284 e. The number of allylic oxidation sites excluding steroid dienone is 1. The van der Waals surface area contributed by atoms with Crippen LogP contribution in [0, 0.1) is 0 Å². The van der Waals surface area contributed by atoms with Crippen LogP contribution in [0.15, 0.2) is 102 Å². The summed E-state index contributed by atoms with van der Waals surface area (Å²) in [6, 6.07) is 26.4. The van der Waals surface area contributed by atoms with Gasteiger partial charge in [-0.05, 0) is 62.9 Å². The fourth-order valence-electron chi connectivity index (χ4n) is 6.34. The Bertz CT molecular complexity index is 1790. The van der Waals surface area contributed by atoms with Crippen molar-refractivity contribution in [3.05, 3.63) is 125 Å². The molecule has 2 aliphatic carbocycles. The van der Waals surface area contributed by atoms with Gasteiger partial charge in [0, 0.05) is 60.1 Å². The van der Waals surface area contributed by atoms with E-state index in [9.17, 15) is 0 Å². The van der Waals surface area contributed by atoms with Gasteiger partial charge in [-0.25, -0.2) is 0 Å². The molecule has 0 spiro atoms. The fraction of sp³-hybridized carbons (Fsp3) is 0.121. The van der Waals surface area contributed by atoms with E-state index < -0.39 is 0 Å². The molecule has 3 heterocycles. The Labute approximate surface area is 209 Å². The van der Waals surface area contributed by atoms with Crippen molar-refractivity contribution in [2.75, 3.05) is 6.54 Å². The summed E-state index contributed by atoms with van der Waals surface area (Å²) in [6.07, 6.45) is 8.78. The number of fused-ring (bicyclic) bond motifs is 7. The predicted octanol–water partition coefficient (Wildman–Crippen LogP) is 7.07. The van der Waals surface area contributed by atoms with Crippen LogP contribution in [-0.2, 0) is 12.8 Å². The van der Waals surface area contributed by atoms with Crippen LogP contribution in [0.3, 0.4) is 0 Å². The van der Waals surface area contributed by atoms with Gasteiger partial charge >= 0.3 is 0 Å². The van der Waals surface area contributed by atoms with Crippen LogP contribution >= 0.6 is 0 Å². The quantitative estimate of drug-likeness (QED) is 0.277. The van der Waals surface area contributed by atoms with Gasteiger partial charge < -0.3 is 0 Å². The smallest absolute Gasteiger partial charge is 0.0746 e. The Morgan fingerprint density at radius 2 is 1.56 bits per heavy atom. The van der Waals surface area contributed by atoms with E-state index in [0.29, 0.717) is 0 Å². The van der Waals surface area contributed by atoms with Gasteiger partial charge in [0.15, 0.2) is 0 Å². The van der Waals surface area contributed by atoms with E-state index in [2.05, 4.69) is 77.8 Å². The number of nitrogens with zero attached hydrogens (tertiary/aromatic N) is 3. The third-order valence-electron chi connectivity index (χ3n) is 8.02. The number of benzene rings is 3.